The Balaban J connectivity index is 2.39. The lowest BCUT2D eigenvalue weighted by Crippen LogP contribution is -2.08. The smallest absolute Gasteiger partial charge is 0.128 e. The Kier molecular flexibility index (Phi) is 2.95. The molecule has 1 aromatic heterocycles. The molecule has 0 bridgehead atoms. The highest BCUT2D eigenvalue weighted by atomic mass is 15.1. The summed E-state index contributed by atoms with van der Waals surface area (Å²) >= 11 is 0. The predicted octanol–water partition coefficient (Wildman–Crippen LogP) is 2.10. The minimum absolute atomic E-state index is 0.504. The van der Waals surface area contributed by atoms with E-state index in [1.165, 1.54) is 0 Å². The van der Waals surface area contributed by atoms with Gasteiger partial charge in [0.05, 0.1) is 5.69 Å². The van der Waals surface area contributed by atoms with Crippen LogP contribution in [-0.2, 0) is 0 Å². The molecule has 1 aromatic carbocycles. The van der Waals surface area contributed by atoms with E-state index in [1.807, 2.05) is 33.2 Å². The molecule has 4 heteroatoms. The number of nitrogen functional groups attached to an aromatic ring is 1. The molecule has 0 aliphatic carbocycles. The first-order valence-electron chi connectivity index (χ1n) is 5.45. The summed E-state index contributed by atoms with van der Waals surface area (Å²) in [6.45, 7) is 1.84. The molecule has 0 atom stereocenters. The van der Waals surface area contributed by atoms with Crippen molar-refractivity contribution in [2.75, 3.05) is 24.7 Å². The van der Waals surface area contributed by atoms with Crippen molar-refractivity contribution in [2.24, 2.45) is 0 Å². The molecule has 88 valence electrons. The Morgan fingerprint density at radius 2 is 1.71 bits per heavy atom. The molecule has 0 amide bonds. The van der Waals surface area contributed by atoms with Gasteiger partial charge >= 0.3 is 0 Å². The molecular weight excluding hydrogens is 212 g/mol. The van der Waals surface area contributed by atoms with Gasteiger partial charge in [-0.1, -0.05) is 12.1 Å². The van der Waals surface area contributed by atoms with E-state index in [-0.39, 0.29) is 0 Å². The van der Waals surface area contributed by atoms with Gasteiger partial charge in [0.1, 0.15) is 11.6 Å². The molecule has 2 rings (SSSR count). The Bertz CT molecular complexity index is 497. The van der Waals surface area contributed by atoms with Crippen molar-refractivity contribution in [1.82, 2.24) is 9.97 Å². The number of nitrogens with two attached hydrogens (primary N) is 1. The number of aryl methyl sites for hydroxylation is 1. The summed E-state index contributed by atoms with van der Waals surface area (Å²) in [6, 6.07) is 9.98. The van der Waals surface area contributed by atoms with Gasteiger partial charge in [-0.25, -0.2) is 9.97 Å². The van der Waals surface area contributed by atoms with Crippen molar-refractivity contribution in [3.8, 4) is 11.3 Å². The topological polar surface area (TPSA) is 55.0 Å². The quantitative estimate of drug-likeness (QED) is 0.855. The van der Waals surface area contributed by atoms with Crippen molar-refractivity contribution < 1.29 is 0 Å². The lowest BCUT2D eigenvalue weighted by Gasteiger charge is -2.12. The van der Waals surface area contributed by atoms with Gasteiger partial charge in [-0.15, -0.1) is 0 Å². The number of hydrogen-bond donors (Lipinski definition) is 1. The molecule has 0 aliphatic rings. The maximum atomic E-state index is 5.72. The van der Waals surface area contributed by atoms with E-state index in [9.17, 15) is 0 Å². The largest absolute Gasteiger partial charge is 0.384 e. The van der Waals surface area contributed by atoms with Crippen LogP contribution >= 0.6 is 0 Å². The second-order valence-corrected chi connectivity index (χ2v) is 4.17. The third-order valence-electron chi connectivity index (χ3n) is 2.54. The van der Waals surface area contributed by atoms with E-state index >= 15 is 0 Å². The minimum Gasteiger partial charge on any atom is -0.384 e. The molecule has 4 nitrogen and oxygen atoms in total. The van der Waals surface area contributed by atoms with Gasteiger partial charge in [-0.3, -0.25) is 0 Å². The van der Waals surface area contributed by atoms with E-state index < -0.39 is 0 Å². The fraction of sp³-hybridized carbons (Fsp3) is 0.231. The van der Waals surface area contributed by atoms with Crippen LogP contribution in [0.3, 0.4) is 0 Å². The summed E-state index contributed by atoms with van der Waals surface area (Å²) in [5, 5.41) is 0. The van der Waals surface area contributed by atoms with Crippen molar-refractivity contribution in [3.05, 3.63) is 36.2 Å². The fourth-order valence-electron chi connectivity index (χ4n) is 1.67. The van der Waals surface area contributed by atoms with Crippen LogP contribution in [0.15, 0.2) is 30.3 Å². The third kappa shape index (κ3) is 2.53. The van der Waals surface area contributed by atoms with Crippen LogP contribution in [0.25, 0.3) is 11.3 Å². The monoisotopic (exact) mass is 228 g/mol. The second-order valence-electron chi connectivity index (χ2n) is 4.17. The Morgan fingerprint density at radius 1 is 1.06 bits per heavy atom. The number of rotatable bonds is 2. The molecule has 17 heavy (non-hydrogen) atoms. The Hall–Kier alpha value is -2.10. The van der Waals surface area contributed by atoms with Crippen LogP contribution in [0.2, 0.25) is 0 Å². The number of hydrogen-bond acceptors (Lipinski definition) is 4. The molecule has 0 fully saturated rings. The zero-order valence-corrected chi connectivity index (χ0v) is 10.3. The molecule has 0 saturated carbocycles. The molecule has 0 saturated heterocycles. The van der Waals surface area contributed by atoms with Crippen molar-refractivity contribution >= 4 is 11.5 Å². The molecule has 1 heterocycles. The zero-order chi connectivity index (χ0) is 12.4. The SMILES string of the molecule is Cc1nc(N)cc(-c2ccc(N(C)C)cc2)n1. The van der Waals surface area contributed by atoms with E-state index in [0.717, 1.165) is 16.9 Å². The summed E-state index contributed by atoms with van der Waals surface area (Å²) in [6.07, 6.45) is 0. The van der Waals surface area contributed by atoms with Gasteiger partial charge in [-0.05, 0) is 19.1 Å². The molecule has 2 aromatic rings. The summed E-state index contributed by atoms with van der Waals surface area (Å²) in [5.41, 5.74) is 8.79. The van der Waals surface area contributed by atoms with Crippen LogP contribution in [0.4, 0.5) is 11.5 Å². The highest BCUT2D eigenvalue weighted by Crippen LogP contribution is 2.21. The van der Waals surface area contributed by atoms with E-state index in [0.29, 0.717) is 11.6 Å². The van der Waals surface area contributed by atoms with Crippen molar-refractivity contribution in [1.29, 1.82) is 0 Å². The maximum absolute atomic E-state index is 5.72. The third-order valence-corrected chi connectivity index (χ3v) is 2.54. The van der Waals surface area contributed by atoms with Crippen LogP contribution in [0, 0.1) is 6.92 Å². The number of anilines is 2. The summed E-state index contributed by atoms with van der Waals surface area (Å²) in [5.74, 6) is 1.20. The lowest BCUT2D eigenvalue weighted by molar-refractivity contribution is 1.07. The van der Waals surface area contributed by atoms with E-state index in [4.69, 9.17) is 5.73 Å². The van der Waals surface area contributed by atoms with E-state index in [1.54, 1.807) is 6.07 Å². The average molecular weight is 228 g/mol. The van der Waals surface area contributed by atoms with Crippen LogP contribution in [0.5, 0.6) is 0 Å². The first kappa shape index (κ1) is 11.4. The summed E-state index contributed by atoms with van der Waals surface area (Å²) < 4.78 is 0. The predicted molar refractivity (Wildman–Crippen MR) is 70.9 cm³/mol. The number of nitrogens with zero attached hydrogens (tertiary/aromatic N) is 3. The van der Waals surface area contributed by atoms with Crippen molar-refractivity contribution in [3.63, 3.8) is 0 Å². The standard InChI is InChI=1S/C13H16N4/c1-9-15-12(8-13(14)16-9)10-4-6-11(7-5-10)17(2)3/h4-8H,1-3H3,(H2,14,15,16). The minimum atomic E-state index is 0.504. The first-order valence-corrected chi connectivity index (χ1v) is 5.45. The molecule has 0 radical (unpaired) electrons. The maximum Gasteiger partial charge on any atom is 0.128 e. The van der Waals surface area contributed by atoms with Crippen LogP contribution in [-0.4, -0.2) is 24.1 Å². The Labute approximate surface area is 101 Å². The highest BCUT2D eigenvalue weighted by molar-refractivity contribution is 5.64. The lowest BCUT2D eigenvalue weighted by atomic mass is 10.1. The molecule has 0 aliphatic heterocycles. The van der Waals surface area contributed by atoms with Gasteiger partial charge in [0, 0.05) is 31.4 Å². The Morgan fingerprint density at radius 3 is 2.24 bits per heavy atom. The molecule has 0 spiro atoms. The first-order chi connectivity index (χ1) is 8.06. The number of aromatic nitrogens is 2. The van der Waals surface area contributed by atoms with E-state index in [2.05, 4.69) is 27.0 Å². The van der Waals surface area contributed by atoms with Gasteiger partial charge in [-0.2, -0.15) is 0 Å². The average Bonchev–Trinajstić information content (AvgIpc) is 2.28. The summed E-state index contributed by atoms with van der Waals surface area (Å²) in [7, 11) is 4.03. The van der Waals surface area contributed by atoms with Crippen molar-refractivity contribution in [2.45, 2.75) is 6.92 Å². The molecule has 2 N–H and O–H groups in total. The second kappa shape index (κ2) is 4.41. The zero-order valence-electron chi connectivity index (χ0n) is 10.3. The van der Waals surface area contributed by atoms with Gasteiger partial charge in [0.15, 0.2) is 0 Å². The van der Waals surface area contributed by atoms with Gasteiger partial charge in [0.2, 0.25) is 0 Å². The summed E-state index contributed by atoms with van der Waals surface area (Å²) in [4.78, 5) is 10.5. The normalized spacial score (nSPS) is 10.3. The molecule has 0 unspecified atom stereocenters. The number of benzene rings is 1. The molecular formula is C13H16N4. The van der Waals surface area contributed by atoms with Crippen LogP contribution < -0.4 is 10.6 Å². The van der Waals surface area contributed by atoms with Gasteiger partial charge < -0.3 is 10.6 Å². The van der Waals surface area contributed by atoms with Crippen LogP contribution in [0.1, 0.15) is 5.82 Å². The fourth-order valence-corrected chi connectivity index (χ4v) is 1.67. The van der Waals surface area contributed by atoms with Gasteiger partial charge in [0.25, 0.3) is 0 Å². The highest BCUT2D eigenvalue weighted by Gasteiger charge is 2.03.